The van der Waals surface area contributed by atoms with E-state index in [0.717, 1.165) is 30.7 Å². The molecular weight excluding hydrogens is 314 g/mol. The molecule has 1 aliphatic rings. The van der Waals surface area contributed by atoms with Gasteiger partial charge in [0.1, 0.15) is 5.75 Å². The van der Waals surface area contributed by atoms with Gasteiger partial charge in [0.25, 0.3) is 0 Å². The first kappa shape index (κ1) is 17.1. The van der Waals surface area contributed by atoms with Crippen LogP contribution in [0.3, 0.4) is 0 Å². The summed E-state index contributed by atoms with van der Waals surface area (Å²) in [6, 6.07) is 18.3. The lowest BCUT2D eigenvalue weighted by molar-refractivity contribution is 0.240. The number of carbonyl (C=O) groups excluding carboxylic acids is 1. The molecule has 5 nitrogen and oxygen atoms in total. The maximum atomic E-state index is 12.1. The number of hydrogen-bond donors (Lipinski definition) is 2. The molecule has 5 heteroatoms. The number of nitrogens with zero attached hydrogens (tertiary/aromatic N) is 1. The number of hydrogen-bond acceptors (Lipinski definition) is 3. The fourth-order valence-corrected chi connectivity index (χ4v) is 3.21. The Bertz CT molecular complexity index is 673. The van der Waals surface area contributed by atoms with Crippen molar-refractivity contribution in [3.05, 3.63) is 60.2 Å². The molecule has 0 saturated carbocycles. The first-order valence-corrected chi connectivity index (χ1v) is 8.72. The lowest BCUT2D eigenvalue weighted by Gasteiger charge is -2.27. The molecule has 2 aromatic rings. The van der Waals surface area contributed by atoms with E-state index in [0.29, 0.717) is 19.1 Å². The van der Waals surface area contributed by atoms with Crippen LogP contribution in [0, 0.1) is 0 Å². The van der Waals surface area contributed by atoms with Gasteiger partial charge in [-0.3, -0.25) is 0 Å². The fraction of sp³-hybridized carbons (Fsp3) is 0.350. The summed E-state index contributed by atoms with van der Waals surface area (Å²) in [6.45, 7) is 2.20. The topological polar surface area (TPSA) is 53.6 Å². The van der Waals surface area contributed by atoms with Crippen LogP contribution in [0.25, 0.3) is 0 Å². The third kappa shape index (κ3) is 4.66. The van der Waals surface area contributed by atoms with E-state index in [1.54, 1.807) is 7.11 Å². The summed E-state index contributed by atoms with van der Waals surface area (Å²) >= 11 is 0. The van der Waals surface area contributed by atoms with Crippen molar-refractivity contribution in [1.29, 1.82) is 0 Å². The van der Waals surface area contributed by atoms with Crippen LogP contribution in [0.2, 0.25) is 0 Å². The molecule has 3 rings (SSSR count). The fourth-order valence-electron chi connectivity index (χ4n) is 3.21. The number of anilines is 1. The first-order valence-electron chi connectivity index (χ1n) is 8.72. The molecule has 0 unspecified atom stereocenters. The van der Waals surface area contributed by atoms with Crippen LogP contribution in [-0.2, 0) is 6.54 Å². The second-order valence-electron chi connectivity index (χ2n) is 6.24. The van der Waals surface area contributed by atoms with Crippen LogP contribution in [0.1, 0.15) is 18.4 Å². The predicted molar refractivity (Wildman–Crippen MR) is 100 cm³/mol. The molecule has 2 amide bonds. The highest BCUT2D eigenvalue weighted by atomic mass is 16.5. The summed E-state index contributed by atoms with van der Waals surface area (Å²) in [4.78, 5) is 14.5. The van der Waals surface area contributed by atoms with Crippen LogP contribution in [-0.4, -0.2) is 32.3 Å². The number of urea groups is 1. The second kappa shape index (κ2) is 8.42. The maximum Gasteiger partial charge on any atom is 0.315 e. The zero-order valence-corrected chi connectivity index (χ0v) is 14.6. The van der Waals surface area contributed by atoms with Crippen LogP contribution < -0.4 is 20.3 Å². The molecule has 0 aliphatic carbocycles. The van der Waals surface area contributed by atoms with E-state index in [-0.39, 0.29) is 6.03 Å². The van der Waals surface area contributed by atoms with Gasteiger partial charge in [0.15, 0.2) is 0 Å². The highest BCUT2D eigenvalue weighted by molar-refractivity contribution is 5.74. The quantitative estimate of drug-likeness (QED) is 0.850. The number of ether oxygens (including phenoxy) is 1. The van der Waals surface area contributed by atoms with Gasteiger partial charge in [-0.15, -0.1) is 0 Å². The normalized spacial score (nSPS) is 16.5. The molecule has 1 aliphatic heterocycles. The van der Waals surface area contributed by atoms with Gasteiger partial charge in [-0.05, 0) is 42.7 Å². The monoisotopic (exact) mass is 339 g/mol. The molecule has 0 spiro atoms. The van der Waals surface area contributed by atoms with E-state index in [1.807, 2.05) is 30.3 Å². The van der Waals surface area contributed by atoms with E-state index in [2.05, 4.69) is 39.8 Å². The third-order valence-corrected chi connectivity index (χ3v) is 4.58. The number of rotatable bonds is 6. The van der Waals surface area contributed by atoms with Gasteiger partial charge in [0.2, 0.25) is 0 Å². The summed E-state index contributed by atoms with van der Waals surface area (Å²) in [5.74, 6) is 0.815. The number of methoxy groups -OCH3 is 1. The molecule has 2 N–H and O–H groups in total. The molecule has 132 valence electrons. The first-order chi connectivity index (χ1) is 12.3. The Kier molecular flexibility index (Phi) is 5.77. The van der Waals surface area contributed by atoms with Gasteiger partial charge in [0.05, 0.1) is 7.11 Å². The summed E-state index contributed by atoms with van der Waals surface area (Å²) in [7, 11) is 1.64. The lowest BCUT2D eigenvalue weighted by Crippen LogP contribution is -2.43. The van der Waals surface area contributed by atoms with Crippen molar-refractivity contribution in [2.45, 2.75) is 25.4 Å². The van der Waals surface area contributed by atoms with Crippen molar-refractivity contribution < 1.29 is 9.53 Å². The molecule has 25 heavy (non-hydrogen) atoms. The van der Waals surface area contributed by atoms with E-state index >= 15 is 0 Å². The molecule has 1 atom stereocenters. The van der Waals surface area contributed by atoms with Crippen LogP contribution in [0.5, 0.6) is 5.75 Å². The average Bonchev–Trinajstić information content (AvgIpc) is 3.14. The highest BCUT2D eigenvalue weighted by Crippen LogP contribution is 2.24. The zero-order chi connectivity index (χ0) is 17.5. The maximum absolute atomic E-state index is 12.1. The minimum atomic E-state index is -0.129. The summed E-state index contributed by atoms with van der Waals surface area (Å²) < 4.78 is 5.13. The largest absolute Gasteiger partial charge is 0.497 e. The molecule has 0 bridgehead atoms. The Morgan fingerprint density at radius 3 is 2.60 bits per heavy atom. The van der Waals surface area contributed by atoms with Gasteiger partial charge in [-0.25, -0.2) is 4.79 Å². The van der Waals surface area contributed by atoms with Crippen LogP contribution in [0.15, 0.2) is 54.6 Å². The Labute approximate surface area is 149 Å². The zero-order valence-electron chi connectivity index (χ0n) is 14.6. The molecular formula is C20H25N3O2. The summed E-state index contributed by atoms with van der Waals surface area (Å²) in [5, 5.41) is 5.91. The minimum absolute atomic E-state index is 0.129. The molecule has 1 fully saturated rings. The Hall–Kier alpha value is -2.69. The van der Waals surface area contributed by atoms with Crippen molar-refractivity contribution in [3.8, 4) is 5.75 Å². The number of para-hydroxylation sites is 1. The third-order valence-electron chi connectivity index (χ3n) is 4.58. The smallest absolute Gasteiger partial charge is 0.315 e. The average molecular weight is 339 g/mol. The highest BCUT2D eigenvalue weighted by Gasteiger charge is 2.24. The van der Waals surface area contributed by atoms with Crippen molar-refractivity contribution >= 4 is 11.7 Å². The Balaban J connectivity index is 1.45. The van der Waals surface area contributed by atoms with Gasteiger partial charge in [-0.1, -0.05) is 30.3 Å². The summed E-state index contributed by atoms with van der Waals surface area (Å²) in [5.41, 5.74) is 2.27. The van der Waals surface area contributed by atoms with E-state index < -0.39 is 0 Å². The van der Waals surface area contributed by atoms with Crippen molar-refractivity contribution in [2.24, 2.45) is 0 Å². The molecule has 2 aromatic carbocycles. The number of nitrogens with one attached hydrogen (secondary N) is 2. The van der Waals surface area contributed by atoms with Gasteiger partial charge >= 0.3 is 6.03 Å². The standard InChI is InChI=1S/C20H25N3O2/c1-25-19-11-9-16(10-12-19)14-21-20(24)22-15-18-8-5-13-23(18)17-6-3-2-4-7-17/h2-4,6-7,9-12,18H,5,8,13-15H2,1H3,(H2,21,22,24)/t18-/m1/s1. The van der Waals surface area contributed by atoms with Crippen molar-refractivity contribution in [2.75, 3.05) is 25.1 Å². The number of benzene rings is 2. The van der Waals surface area contributed by atoms with Crippen molar-refractivity contribution in [1.82, 2.24) is 10.6 Å². The molecule has 1 saturated heterocycles. The molecule has 0 radical (unpaired) electrons. The Morgan fingerprint density at radius 2 is 1.88 bits per heavy atom. The van der Waals surface area contributed by atoms with Crippen molar-refractivity contribution in [3.63, 3.8) is 0 Å². The lowest BCUT2D eigenvalue weighted by atomic mass is 10.2. The van der Waals surface area contributed by atoms with E-state index in [4.69, 9.17) is 4.74 Å². The molecule has 1 heterocycles. The van der Waals surface area contributed by atoms with E-state index in [1.165, 1.54) is 5.69 Å². The van der Waals surface area contributed by atoms with Gasteiger partial charge in [-0.2, -0.15) is 0 Å². The van der Waals surface area contributed by atoms with Gasteiger partial charge < -0.3 is 20.3 Å². The van der Waals surface area contributed by atoms with Gasteiger partial charge in [0, 0.05) is 31.4 Å². The van der Waals surface area contributed by atoms with Crippen LogP contribution >= 0.6 is 0 Å². The predicted octanol–water partition coefficient (Wildman–Crippen LogP) is 3.16. The number of amides is 2. The number of carbonyl (C=O) groups is 1. The molecule has 0 aromatic heterocycles. The minimum Gasteiger partial charge on any atom is -0.497 e. The SMILES string of the molecule is COc1ccc(CNC(=O)NC[C@H]2CCCN2c2ccccc2)cc1. The van der Waals surface area contributed by atoms with Crippen LogP contribution in [0.4, 0.5) is 10.5 Å². The second-order valence-corrected chi connectivity index (χ2v) is 6.24. The van der Waals surface area contributed by atoms with E-state index in [9.17, 15) is 4.79 Å². The summed E-state index contributed by atoms with van der Waals surface area (Å²) in [6.07, 6.45) is 2.27. The Morgan fingerprint density at radius 1 is 1.12 bits per heavy atom.